The van der Waals surface area contributed by atoms with E-state index in [1.165, 1.54) is 103 Å². The molecule has 0 spiro atoms. The number of alkyl halides is 1. The number of rotatable bonds is 23. The van der Waals surface area contributed by atoms with Gasteiger partial charge in [-0.3, -0.25) is 0 Å². The number of hydrogen-bond acceptors (Lipinski definition) is 0. The van der Waals surface area contributed by atoms with Gasteiger partial charge in [0.25, 0.3) is 0 Å². The molecule has 0 fully saturated rings. The van der Waals surface area contributed by atoms with E-state index in [1.54, 1.807) is 0 Å². The van der Waals surface area contributed by atoms with Crippen LogP contribution in [0.5, 0.6) is 0 Å². The molecule has 0 aromatic heterocycles. The fourth-order valence-corrected chi connectivity index (χ4v) is 6.82. The first-order valence-corrected chi connectivity index (χ1v) is 18.2. The molecule has 1 unspecified atom stereocenters. The van der Waals surface area contributed by atoms with Crippen LogP contribution in [0.1, 0.15) is 155 Å². The Morgan fingerprint density at radius 2 is 0.700 bits per heavy atom. The molecule has 0 bridgehead atoms. The van der Waals surface area contributed by atoms with Crippen LogP contribution in [0, 0.1) is 0 Å². The lowest BCUT2D eigenvalue weighted by atomic mass is 10.0. The van der Waals surface area contributed by atoms with Crippen molar-refractivity contribution in [2.75, 3.05) is 0 Å². The Bertz CT molecular complexity index is 363. The minimum atomic E-state index is -3.34. The Morgan fingerprint density at radius 1 is 0.467 bits per heavy atom. The van der Waals surface area contributed by atoms with E-state index >= 15 is 4.39 Å². The van der Waals surface area contributed by atoms with Gasteiger partial charge in [0.15, 0.2) is 0 Å². The molecule has 0 nitrogen and oxygen atoms in total. The van der Waals surface area contributed by atoms with E-state index in [2.05, 4.69) is 13.8 Å². The third kappa shape index (κ3) is 17.6. The molecular formula is C25H50Cl3FSi. The highest BCUT2D eigenvalue weighted by atomic mass is 35.8. The van der Waals surface area contributed by atoms with E-state index in [1.807, 2.05) is 0 Å². The van der Waals surface area contributed by atoms with Gasteiger partial charge in [-0.15, -0.1) is 33.2 Å². The van der Waals surface area contributed by atoms with Crippen LogP contribution in [0.4, 0.5) is 4.39 Å². The summed E-state index contributed by atoms with van der Waals surface area (Å²) < 4.78 is 15.4. The summed E-state index contributed by atoms with van der Waals surface area (Å²) in [5.74, 6) is 0. The maximum atomic E-state index is 15.4. The third-order valence-corrected chi connectivity index (χ3v) is 10.9. The lowest BCUT2D eigenvalue weighted by Crippen LogP contribution is -2.43. The highest BCUT2D eigenvalue weighted by molar-refractivity contribution is 7.65. The van der Waals surface area contributed by atoms with Gasteiger partial charge in [0, 0.05) is 0 Å². The predicted octanol–water partition coefficient (Wildman–Crippen LogP) is 11.5. The van der Waals surface area contributed by atoms with Crippen molar-refractivity contribution in [3.8, 4) is 0 Å². The lowest BCUT2D eigenvalue weighted by molar-refractivity contribution is 0.222. The molecule has 182 valence electrons. The van der Waals surface area contributed by atoms with Gasteiger partial charge in [-0.2, -0.15) is 0 Å². The van der Waals surface area contributed by atoms with E-state index in [0.717, 1.165) is 25.7 Å². The second kappa shape index (κ2) is 20.6. The van der Waals surface area contributed by atoms with E-state index in [9.17, 15) is 0 Å². The molecule has 30 heavy (non-hydrogen) atoms. The van der Waals surface area contributed by atoms with E-state index < -0.39 is 11.3 Å². The van der Waals surface area contributed by atoms with Crippen LogP contribution in [0.3, 0.4) is 0 Å². The first-order valence-electron chi connectivity index (χ1n) is 13.1. The molecule has 0 aromatic rings. The fourth-order valence-electron chi connectivity index (χ4n) is 4.19. The van der Waals surface area contributed by atoms with E-state index in [0.29, 0.717) is 12.8 Å². The Balaban J connectivity index is 3.75. The fraction of sp³-hybridized carbons (Fsp3) is 1.00. The Kier molecular flexibility index (Phi) is 21.3. The van der Waals surface area contributed by atoms with Crippen molar-refractivity contribution in [2.45, 2.75) is 160 Å². The van der Waals surface area contributed by atoms with Gasteiger partial charge in [-0.25, -0.2) is 4.39 Å². The molecule has 5 heteroatoms. The maximum Gasteiger partial charge on any atom is 0.377 e. The maximum absolute atomic E-state index is 15.4. The number of halogens is 4. The summed E-state index contributed by atoms with van der Waals surface area (Å²) in [6.07, 6.45) is 25.8. The third-order valence-electron chi connectivity index (χ3n) is 6.36. The second-order valence-corrected chi connectivity index (χ2v) is 18.1. The second-order valence-electron chi connectivity index (χ2n) is 9.33. The SMILES string of the molecule is CCCCCCCCCCCCCCCC(F)(CCCCCCCCC)[Si](Cl)(Cl)Cl. The van der Waals surface area contributed by atoms with Gasteiger partial charge in [-0.05, 0) is 12.8 Å². The zero-order valence-corrected chi connectivity index (χ0v) is 23.3. The average Bonchev–Trinajstić information content (AvgIpc) is 2.70. The smallest absolute Gasteiger partial charge is 0.243 e. The summed E-state index contributed by atoms with van der Waals surface area (Å²) >= 11 is 18.5. The van der Waals surface area contributed by atoms with Gasteiger partial charge in [-0.1, -0.05) is 142 Å². The molecule has 0 heterocycles. The number of hydrogen-bond donors (Lipinski definition) is 0. The molecule has 0 saturated carbocycles. The highest BCUT2D eigenvalue weighted by Gasteiger charge is 2.51. The molecule has 1 atom stereocenters. The van der Waals surface area contributed by atoms with Crippen LogP contribution >= 0.6 is 33.2 Å². The van der Waals surface area contributed by atoms with Gasteiger partial charge in [0.2, 0.25) is 0 Å². The van der Waals surface area contributed by atoms with Crippen molar-refractivity contribution >= 4 is 39.2 Å². The average molecular weight is 504 g/mol. The van der Waals surface area contributed by atoms with Gasteiger partial charge >= 0.3 is 6.00 Å². The van der Waals surface area contributed by atoms with Gasteiger partial charge in [0.05, 0.1) is 0 Å². The molecule has 0 amide bonds. The Morgan fingerprint density at radius 3 is 0.933 bits per heavy atom. The van der Waals surface area contributed by atoms with Crippen molar-refractivity contribution < 1.29 is 4.39 Å². The Hall–Kier alpha value is 1.02. The summed E-state index contributed by atoms with van der Waals surface area (Å²) in [5, 5.41) is -1.54. The molecule has 0 aromatic carbocycles. The van der Waals surface area contributed by atoms with Crippen LogP contribution in [-0.4, -0.2) is 11.3 Å². The molecule has 0 rings (SSSR count). The minimum Gasteiger partial charge on any atom is -0.243 e. The standard InChI is InChI=1S/C25H50Cl3FSi/c1-3-5-7-9-11-12-13-14-15-16-18-20-22-24-25(29,30(26,27)28)23-21-19-17-10-8-6-4-2/h3-24H2,1-2H3. The molecule has 0 saturated heterocycles. The molecule has 0 aliphatic carbocycles. The summed E-state index contributed by atoms with van der Waals surface area (Å²) in [6.45, 7) is 4.49. The van der Waals surface area contributed by atoms with Crippen LogP contribution in [0.25, 0.3) is 0 Å². The molecule has 0 aliphatic rings. The molecular weight excluding hydrogens is 454 g/mol. The Labute approximate surface area is 203 Å². The van der Waals surface area contributed by atoms with Crippen molar-refractivity contribution in [3.63, 3.8) is 0 Å². The van der Waals surface area contributed by atoms with Crippen LogP contribution in [0.2, 0.25) is 0 Å². The van der Waals surface area contributed by atoms with Crippen LogP contribution < -0.4 is 0 Å². The zero-order chi connectivity index (χ0) is 22.6. The predicted molar refractivity (Wildman–Crippen MR) is 140 cm³/mol. The van der Waals surface area contributed by atoms with Gasteiger partial charge in [0.1, 0.15) is 5.29 Å². The largest absolute Gasteiger partial charge is 0.377 e. The minimum absolute atomic E-state index is 0.432. The topological polar surface area (TPSA) is 0 Å². The van der Waals surface area contributed by atoms with Crippen molar-refractivity contribution in [2.24, 2.45) is 0 Å². The molecule has 0 radical (unpaired) electrons. The quantitative estimate of drug-likeness (QED) is 0.0738. The van der Waals surface area contributed by atoms with E-state index in [-0.39, 0.29) is 0 Å². The first-order chi connectivity index (χ1) is 14.4. The highest BCUT2D eigenvalue weighted by Crippen LogP contribution is 2.43. The van der Waals surface area contributed by atoms with E-state index in [4.69, 9.17) is 33.2 Å². The van der Waals surface area contributed by atoms with Crippen molar-refractivity contribution in [1.82, 2.24) is 0 Å². The summed E-state index contributed by atoms with van der Waals surface area (Å²) in [4.78, 5) is 0. The normalized spacial score (nSPS) is 14.2. The summed E-state index contributed by atoms with van der Waals surface area (Å²) in [5.41, 5.74) is 0. The van der Waals surface area contributed by atoms with Crippen LogP contribution in [0.15, 0.2) is 0 Å². The number of unbranched alkanes of at least 4 members (excludes halogenated alkanes) is 18. The lowest BCUT2D eigenvalue weighted by Gasteiger charge is -2.30. The monoisotopic (exact) mass is 502 g/mol. The summed E-state index contributed by atoms with van der Waals surface area (Å²) in [7, 11) is 0. The van der Waals surface area contributed by atoms with Crippen molar-refractivity contribution in [3.05, 3.63) is 0 Å². The summed E-state index contributed by atoms with van der Waals surface area (Å²) in [6, 6.07) is -3.34. The zero-order valence-electron chi connectivity index (χ0n) is 20.1. The van der Waals surface area contributed by atoms with Crippen molar-refractivity contribution in [1.29, 1.82) is 0 Å². The molecule has 0 N–H and O–H groups in total. The first kappa shape index (κ1) is 31.0. The van der Waals surface area contributed by atoms with Gasteiger partial charge < -0.3 is 0 Å². The van der Waals surface area contributed by atoms with Crippen LogP contribution in [-0.2, 0) is 0 Å². The molecule has 0 aliphatic heterocycles.